The predicted octanol–water partition coefficient (Wildman–Crippen LogP) is 2.41. The average molecular weight is 436 g/mol. The number of fused-ring (bicyclic) bond motifs is 1. The summed E-state index contributed by atoms with van der Waals surface area (Å²) in [5.41, 5.74) is 0.740. The van der Waals surface area contributed by atoms with Crippen LogP contribution >= 0.6 is 34.2 Å². The maximum atomic E-state index is 12.2. The van der Waals surface area contributed by atoms with Gasteiger partial charge in [0, 0.05) is 3.57 Å². The van der Waals surface area contributed by atoms with Gasteiger partial charge in [-0.2, -0.15) is 9.97 Å². The second-order valence-corrected chi connectivity index (χ2v) is 7.28. The molecular weight excluding hydrogens is 429 g/mol. The number of aromatic nitrogens is 4. The van der Waals surface area contributed by atoms with Crippen molar-refractivity contribution >= 4 is 61.3 Å². The topological polar surface area (TPSA) is 101 Å². The van der Waals surface area contributed by atoms with Crippen LogP contribution in [-0.2, 0) is 10.0 Å². The van der Waals surface area contributed by atoms with E-state index in [1.165, 1.54) is 18.5 Å². The molecule has 0 amide bonds. The van der Waals surface area contributed by atoms with Crippen molar-refractivity contribution in [2.75, 3.05) is 4.72 Å². The van der Waals surface area contributed by atoms with Gasteiger partial charge in [0.25, 0.3) is 10.0 Å². The largest absolute Gasteiger partial charge is 0.341 e. The molecule has 10 heteroatoms. The van der Waals surface area contributed by atoms with Gasteiger partial charge in [0.2, 0.25) is 5.95 Å². The Morgan fingerprint density at radius 3 is 2.62 bits per heavy atom. The van der Waals surface area contributed by atoms with E-state index in [9.17, 15) is 8.42 Å². The molecule has 0 fully saturated rings. The number of rotatable bonds is 3. The Morgan fingerprint density at radius 2 is 1.90 bits per heavy atom. The first-order valence-electron chi connectivity index (χ1n) is 5.61. The van der Waals surface area contributed by atoms with Crippen LogP contribution in [0.25, 0.3) is 11.2 Å². The van der Waals surface area contributed by atoms with Crippen molar-refractivity contribution in [1.29, 1.82) is 0 Å². The highest BCUT2D eigenvalue weighted by Crippen LogP contribution is 2.20. The van der Waals surface area contributed by atoms with E-state index in [-0.39, 0.29) is 21.6 Å². The van der Waals surface area contributed by atoms with Crippen molar-refractivity contribution < 1.29 is 8.42 Å². The van der Waals surface area contributed by atoms with Crippen LogP contribution in [0.15, 0.2) is 35.5 Å². The lowest BCUT2D eigenvalue weighted by Gasteiger charge is -2.07. The number of anilines is 1. The Balaban J connectivity index is 1.98. The highest BCUT2D eigenvalue weighted by atomic mass is 127. The molecule has 3 aromatic rings. The van der Waals surface area contributed by atoms with E-state index in [0.29, 0.717) is 5.52 Å². The molecule has 0 unspecified atom stereocenters. The van der Waals surface area contributed by atoms with Gasteiger partial charge in [-0.25, -0.2) is 18.1 Å². The van der Waals surface area contributed by atoms with Gasteiger partial charge in [-0.05, 0) is 46.9 Å². The van der Waals surface area contributed by atoms with Gasteiger partial charge in [0.1, 0.15) is 5.52 Å². The van der Waals surface area contributed by atoms with Crippen LogP contribution in [0.2, 0.25) is 5.15 Å². The number of imidazole rings is 1. The number of sulfonamides is 1. The second kappa shape index (κ2) is 5.39. The normalized spacial score (nSPS) is 11.7. The minimum Gasteiger partial charge on any atom is -0.341 e. The molecule has 7 nitrogen and oxygen atoms in total. The third-order valence-corrected chi connectivity index (χ3v) is 4.93. The maximum absolute atomic E-state index is 12.2. The van der Waals surface area contributed by atoms with Gasteiger partial charge < -0.3 is 4.98 Å². The van der Waals surface area contributed by atoms with E-state index in [1.54, 1.807) is 12.1 Å². The van der Waals surface area contributed by atoms with Gasteiger partial charge in [-0.3, -0.25) is 0 Å². The summed E-state index contributed by atoms with van der Waals surface area (Å²) in [6, 6.07) is 6.39. The highest BCUT2D eigenvalue weighted by molar-refractivity contribution is 14.1. The van der Waals surface area contributed by atoms with E-state index in [2.05, 4.69) is 47.2 Å². The lowest BCUT2D eigenvalue weighted by Crippen LogP contribution is -2.15. The van der Waals surface area contributed by atoms with Crippen molar-refractivity contribution in [1.82, 2.24) is 19.9 Å². The van der Waals surface area contributed by atoms with Gasteiger partial charge in [-0.15, -0.1) is 0 Å². The standard InChI is InChI=1S/C11H7ClIN5O2S/c12-9-8-10(15-5-14-8)17-11(16-9)18-21(19,20)7-3-1-6(13)2-4-7/h1-5H,(H2,14,15,16,17,18). The number of nitrogens with zero attached hydrogens (tertiary/aromatic N) is 3. The number of aromatic amines is 1. The lowest BCUT2D eigenvalue weighted by molar-refractivity contribution is 0.601. The SMILES string of the molecule is O=S(=O)(Nc1nc(Cl)c2[nH]cnc2n1)c1ccc(I)cc1. The zero-order valence-corrected chi connectivity index (χ0v) is 13.9. The molecule has 0 saturated heterocycles. The van der Waals surface area contributed by atoms with Crippen LogP contribution in [0.4, 0.5) is 5.95 Å². The Kier molecular flexibility index (Phi) is 3.71. The third-order valence-electron chi connectivity index (χ3n) is 2.59. The summed E-state index contributed by atoms with van der Waals surface area (Å²) in [5, 5.41) is 0.0952. The fraction of sp³-hybridized carbons (Fsp3) is 0. The molecule has 0 radical (unpaired) electrons. The summed E-state index contributed by atoms with van der Waals surface area (Å²) in [5.74, 6) is -0.127. The van der Waals surface area contributed by atoms with Crippen LogP contribution in [-0.4, -0.2) is 28.4 Å². The minimum atomic E-state index is -3.77. The van der Waals surface area contributed by atoms with Crippen molar-refractivity contribution in [3.63, 3.8) is 0 Å². The first kappa shape index (κ1) is 14.5. The molecule has 0 atom stereocenters. The summed E-state index contributed by atoms with van der Waals surface area (Å²) >= 11 is 8.03. The van der Waals surface area contributed by atoms with Crippen molar-refractivity contribution in [3.05, 3.63) is 39.3 Å². The second-order valence-electron chi connectivity index (χ2n) is 4.00. The van der Waals surface area contributed by atoms with Crippen LogP contribution in [0.3, 0.4) is 0 Å². The molecule has 0 saturated carbocycles. The van der Waals surface area contributed by atoms with Crippen molar-refractivity contribution in [2.45, 2.75) is 4.90 Å². The summed E-state index contributed by atoms with van der Waals surface area (Å²) in [6.45, 7) is 0. The first-order chi connectivity index (χ1) is 9.95. The molecule has 0 aliphatic heterocycles. The summed E-state index contributed by atoms with van der Waals surface area (Å²) in [4.78, 5) is 14.7. The summed E-state index contributed by atoms with van der Waals surface area (Å²) in [7, 11) is -3.77. The number of hydrogen-bond acceptors (Lipinski definition) is 5. The summed E-state index contributed by atoms with van der Waals surface area (Å²) < 4.78 is 27.7. The number of H-pyrrole nitrogens is 1. The molecule has 0 aliphatic carbocycles. The Labute approximate surface area is 138 Å². The number of benzene rings is 1. The van der Waals surface area contributed by atoms with Crippen LogP contribution in [0, 0.1) is 3.57 Å². The quantitative estimate of drug-likeness (QED) is 0.486. The molecule has 2 heterocycles. The Hall–Kier alpha value is -1.46. The smallest absolute Gasteiger partial charge is 0.264 e. The molecule has 21 heavy (non-hydrogen) atoms. The van der Waals surface area contributed by atoms with Gasteiger partial charge in [0.05, 0.1) is 11.2 Å². The van der Waals surface area contributed by atoms with Crippen molar-refractivity contribution in [2.24, 2.45) is 0 Å². The number of hydrogen-bond donors (Lipinski definition) is 2. The lowest BCUT2D eigenvalue weighted by atomic mass is 10.4. The monoisotopic (exact) mass is 435 g/mol. The fourth-order valence-corrected chi connectivity index (χ4v) is 3.16. The van der Waals surface area contributed by atoms with E-state index in [1.807, 2.05) is 0 Å². The first-order valence-corrected chi connectivity index (χ1v) is 8.55. The molecule has 0 bridgehead atoms. The van der Waals surface area contributed by atoms with E-state index in [4.69, 9.17) is 11.6 Å². The molecule has 0 aliphatic rings. The van der Waals surface area contributed by atoms with E-state index >= 15 is 0 Å². The Morgan fingerprint density at radius 1 is 1.19 bits per heavy atom. The molecule has 108 valence electrons. The Bertz CT molecular complexity index is 910. The van der Waals surface area contributed by atoms with Crippen molar-refractivity contribution in [3.8, 4) is 0 Å². The minimum absolute atomic E-state index is 0.0952. The van der Waals surface area contributed by atoms with Gasteiger partial charge in [0.15, 0.2) is 10.8 Å². The van der Waals surface area contributed by atoms with E-state index in [0.717, 1.165) is 3.57 Å². The molecular formula is C11H7ClIN5O2S. The van der Waals surface area contributed by atoms with Gasteiger partial charge >= 0.3 is 0 Å². The average Bonchev–Trinajstić information content (AvgIpc) is 2.87. The third kappa shape index (κ3) is 2.94. The van der Waals surface area contributed by atoms with Crippen LogP contribution in [0.5, 0.6) is 0 Å². The maximum Gasteiger partial charge on any atom is 0.264 e. The zero-order chi connectivity index (χ0) is 15.0. The molecule has 1 aromatic carbocycles. The fourth-order valence-electron chi connectivity index (χ4n) is 1.64. The number of nitrogens with one attached hydrogen (secondary N) is 2. The molecule has 0 spiro atoms. The highest BCUT2D eigenvalue weighted by Gasteiger charge is 2.17. The molecule has 3 rings (SSSR count). The molecule has 2 aromatic heterocycles. The summed E-state index contributed by atoms with van der Waals surface area (Å²) in [6.07, 6.45) is 1.41. The number of halogens is 2. The van der Waals surface area contributed by atoms with Gasteiger partial charge in [-0.1, -0.05) is 11.6 Å². The zero-order valence-electron chi connectivity index (χ0n) is 10.2. The molecule has 2 N–H and O–H groups in total. The predicted molar refractivity (Wildman–Crippen MR) is 86.7 cm³/mol. The van der Waals surface area contributed by atoms with E-state index < -0.39 is 10.0 Å². The van der Waals surface area contributed by atoms with Crippen LogP contribution in [0.1, 0.15) is 0 Å². The van der Waals surface area contributed by atoms with Crippen LogP contribution < -0.4 is 4.72 Å².